The number of rotatable bonds is 5. The Bertz CT molecular complexity index is 1750. The molecule has 44 heavy (non-hydrogen) atoms. The van der Waals surface area contributed by atoms with Gasteiger partial charge in [-0.3, -0.25) is 14.5 Å². The van der Waals surface area contributed by atoms with Gasteiger partial charge in [-0.15, -0.1) is 0 Å². The summed E-state index contributed by atoms with van der Waals surface area (Å²) in [4.78, 5) is 44.2. The van der Waals surface area contributed by atoms with E-state index in [1.54, 1.807) is 17.9 Å². The second-order valence-electron chi connectivity index (χ2n) is 12.8. The van der Waals surface area contributed by atoms with Crippen molar-refractivity contribution < 1.29 is 18.8 Å². The Labute approximate surface area is 260 Å². The molecule has 1 saturated heterocycles. The minimum absolute atomic E-state index is 0.0850. The zero-order chi connectivity index (χ0) is 31.2. The van der Waals surface area contributed by atoms with E-state index in [9.17, 15) is 14.4 Å². The molecule has 10 nitrogen and oxygen atoms in total. The van der Waals surface area contributed by atoms with Crippen LogP contribution in [0.2, 0.25) is 5.02 Å². The van der Waals surface area contributed by atoms with Crippen molar-refractivity contribution in [3.05, 3.63) is 75.2 Å². The number of aryl methyl sites for hydroxylation is 1. The van der Waals surface area contributed by atoms with E-state index in [1.165, 1.54) is 0 Å². The Morgan fingerprint density at radius 1 is 1.02 bits per heavy atom. The van der Waals surface area contributed by atoms with Gasteiger partial charge in [-0.05, 0) is 64.7 Å². The molecule has 2 amide bonds. The van der Waals surface area contributed by atoms with Crippen molar-refractivity contribution in [3.63, 3.8) is 0 Å². The number of hydrogen-bond donors (Lipinski definition) is 1. The first-order chi connectivity index (χ1) is 21.0. The minimum atomic E-state index is -0.566. The molecule has 2 aromatic carbocycles. The number of ether oxygens (including phenoxy) is 1. The highest BCUT2D eigenvalue weighted by atomic mass is 35.5. The molecule has 3 heterocycles. The highest BCUT2D eigenvalue weighted by molar-refractivity contribution is 6.37. The number of benzene rings is 2. The summed E-state index contributed by atoms with van der Waals surface area (Å²) in [5, 5.41) is 9.10. The highest BCUT2D eigenvalue weighted by Crippen LogP contribution is 2.36. The van der Waals surface area contributed by atoms with Crippen LogP contribution >= 0.6 is 11.6 Å². The lowest BCUT2D eigenvalue weighted by Gasteiger charge is -2.39. The molecule has 0 bridgehead atoms. The van der Waals surface area contributed by atoms with Gasteiger partial charge in [0.05, 0.1) is 10.5 Å². The topological polar surface area (TPSA) is 110 Å². The normalized spacial score (nSPS) is 20.2. The molecule has 1 saturated carbocycles. The Hall–Kier alpha value is -3.89. The molecule has 4 aromatic rings. The Morgan fingerprint density at radius 2 is 1.75 bits per heavy atom. The van der Waals surface area contributed by atoms with E-state index in [1.807, 2.05) is 67.8 Å². The highest BCUT2D eigenvalue weighted by Gasteiger charge is 2.36. The number of halogens is 1. The molecule has 3 unspecified atom stereocenters. The lowest BCUT2D eigenvalue weighted by molar-refractivity contribution is -0.128. The number of fused-ring (bicyclic) bond motifs is 3. The maximum atomic E-state index is 14.0. The molecule has 2 aliphatic rings. The molecular weight excluding hydrogens is 582 g/mol. The molecule has 2 fully saturated rings. The number of carbonyl (C=O) groups is 2. The average molecular weight is 620 g/mol. The fourth-order valence-corrected chi connectivity index (χ4v) is 6.85. The molecule has 232 valence electrons. The van der Waals surface area contributed by atoms with E-state index < -0.39 is 11.6 Å². The number of pyridine rings is 1. The van der Waals surface area contributed by atoms with Crippen molar-refractivity contribution in [2.24, 2.45) is 0 Å². The summed E-state index contributed by atoms with van der Waals surface area (Å²) >= 11 is 6.61. The van der Waals surface area contributed by atoms with Crippen LogP contribution in [0.1, 0.15) is 63.4 Å². The maximum Gasteiger partial charge on any atom is 0.410 e. The Kier molecular flexibility index (Phi) is 8.15. The van der Waals surface area contributed by atoms with Gasteiger partial charge in [0.25, 0.3) is 5.56 Å². The van der Waals surface area contributed by atoms with Crippen molar-refractivity contribution in [1.82, 2.24) is 24.8 Å². The van der Waals surface area contributed by atoms with Crippen LogP contribution in [-0.4, -0.2) is 69.3 Å². The van der Waals surface area contributed by atoms with Crippen molar-refractivity contribution in [1.29, 1.82) is 0 Å². The minimum Gasteiger partial charge on any atom is -0.444 e. The third kappa shape index (κ3) is 5.80. The molecule has 3 atom stereocenters. The van der Waals surface area contributed by atoms with Crippen LogP contribution < -0.4 is 10.9 Å². The molecule has 1 N–H and O–H groups in total. The van der Waals surface area contributed by atoms with Gasteiger partial charge < -0.3 is 24.0 Å². The number of carbonyl (C=O) groups excluding carboxylic acids is 2. The van der Waals surface area contributed by atoms with Crippen molar-refractivity contribution in [2.75, 3.05) is 26.2 Å². The zero-order valence-corrected chi connectivity index (χ0v) is 26.3. The van der Waals surface area contributed by atoms with E-state index in [0.717, 1.165) is 18.4 Å². The zero-order valence-electron chi connectivity index (χ0n) is 25.5. The lowest BCUT2D eigenvalue weighted by Crippen LogP contribution is -2.53. The third-order valence-corrected chi connectivity index (χ3v) is 8.91. The van der Waals surface area contributed by atoms with Crippen LogP contribution in [0.4, 0.5) is 4.79 Å². The predicted molar refractivity (Wildman–Crippen MR) is 169 cm³/mol. The van der Waals surface area contributed by atoms with Gasteiger partial charge in [-0.2, -0.15) is 0 Å². The number of piperazine rings is 1. The fourth-order valence-electron chi connectivity index (χ4n) is 6.59. The molecule has 11 heteroatoms. The number of nitrogens with zero attached hydrogens (tertiary/aromatic N) is 4. The smallest absolute Gasteiger partial charge is 0.410 e. The average Bonchev–Trinajstić information content (AvgIpc) is 3.60. The van der Waals surface area contributed by atoms with Crippen LogP contribution in [0.5, 0.6) is 0 Å². The van der Waals surface area contributed by atoms with Crippen LogP contribution in [0, 0.1) is 6.92 Å². The lowest BCUT2D eigenvalue weighted by atomic mass is 10.0. The second kappa shape index (κ2) is 11.9. The van der Waals surface area contributed by atoms with Crippen LogP contribution in [-0.2, 0) is 9.53 Å². The summed E-state index contributed by atoms with van der Waals surface area (Å²) in [5.74, 6) is 0.374. The Balaban J connectivity index is 1.21. The molecule has 0 spiro atoms. The van der Waals surface area contributed by atoms with Gasteiger partial charge in [0, 0.05) is 43.6 Å². The van der Waals surface area contributed by atoms with Crippen molar-refractivity contribution in [3.8, 4) is 0 Å². The molecule has 6 rings (SSSR count). The molecule has 2 aromatic heterocycles. The molecular formula is C33H38ClN5O5. The summed E-state index contributed by atoms with van der Waals surface area (Å²) < 4.78 is 12.8. The number of hydrogen-bond acceptors (Lipinski definition) is 7. The molecule has 1 aliphatic heterocycles. The maximum absolute atomic E-state index is 14.0. The monoisotopic (exact) mass is 619 g/mol. The molecule has 1 aliphatic carbocycles. The Morgan fingerprint density at radius 3 is 2.45 bits per heavy atom. The first-order valence-corrected chi connectivity index (χ1v) is 15.6. The fraction of sp³-hybridized carbons (Fsp3) is 0.455. The van der Waals surface area contributed by atoms with Crippen molar-refractivity contribution in [2.45, 2.75) is 70.7 Å². The number of aromatic nitrogens is 2. The second-order valence-corrected chi connectivity index (χ2v) is 13.2. The first-order valence-electron chi connectivity index (χ1n) is 15.2. The summed E-state index contributed by atoms with van der Waals surface area (Å²) in [6.45, 7) is 9.32. The predicted octanol–water partition coefficient (Wildman–Crippen LogP) is 5.61. The van der Waals surface area contributed by atoms with Gasteiger partial charge in [-0.1, -0.05) is 53.2 Å². The third-order valence-electron chi connectivity index (χ3n) is 8.59. The summed E-state index contributed by atoms with van der Waals surface area (Å²) in [5.41, 5.74) is 1.37. The number of amides is 2. The van der Waals surface area contributed by atoms with Gasteiger partial charge in [0.2, 0.25) is 5.91 Å². The van der Waals surface area contributed by atoms with Gasteiger partial charge in [0.1, 0.15) is 28.3 Å². The summed E-state index contributed by atoms with van der Waals surface area (Å²) in [6, 6.07) is 14.5. The van der Waals surface area contributed by atoms with E-state index >= 15 is 0 Å². The summed E-state index contributed by atoms with van der Waals surface area (Å²) in [7, 11) is 0. The van der Waals surface area contributed by atoms with Crippen LogP contribution in [0.25, 0.3) is 21.8 Å². The van der Waals surface area contributed by atoms with Crippen molar-refractivity contribution >= 4 is 45.4 Å². The van der Waals surface area contributed by atoms with Crippen LogP contribution in [0.3, 0.4) is 0 Å². The van der Waals surface area contributed by atoms with Gasteiger partial charge in [0.15, 0.2) is 0 Å². The van der Waals surface area contributed by atoms with E-state index in [2.05, 4.69) is 15.4 Å². The number of nitrogens with one attached hydrogen (secondary N) is 1. The SMILES string of the molecule is Cc1onc2c1c(=O)n(C1CCC(NC(=O)C(c3ccccc3)N3CCN(C(=O)OC(C)(C)C)CC3)C1)c1cccc(Cl)c21. The van der Waals surface area contributed by atoms with E-state index in [-0.39, 0.29) is 29.6 Å². The van der Waals surface area contributed by atoms with Gasteiger partial charge >= 0.3 is 6.09 Å². The quantitative estimate of drug-likeness (QED) is 0.309. The van der Waals surface area contributed by atoms with Crippen LogP contribution in [0.15, 0.2) is 57.8 Å². The van der Waals surface area contributed by atoms with Gasteiger partial charge in [-0.25, -0.2) is 4.79 Å². The first kappa shape index (κ1) is 30.1. The molecule has 0 radical (unpaired) electrons. The van der Waals surface area contributed by atoms with E-state index in [4.69, 9.17) is 20.9 Å². The summed E-state index contributed by atoms with van der Waals surface area (Å²) in [6.07, 6.45) is 1.74. The van der Waals surface area contributed by atoms with E-state index in [0.29, 0.717) is 65.2 Å². The largest absolute Gasteiger partial charge is 0.444 e. The standard InChI is InChI=1S/C33H38ClN5O5/c1-20-26-28(36-44-20)27-24(34)11-8-12-25(27)39(31(26)41)23-14-13-22(19-23)35-30(40)29(21-9-6-5-7-10-21)37-15-17-38(18-16-37)32(42)43-33(2,3)4/h5-12,22-23,29H,13-19H2,1-4H3,(H,35,40).